The summed E-state index contributed by atoms with van der Waals surface area (Å²) in [7, 11) is 0. The molecule has 3 aromatic carbocycles. The number of fused-ring (bicyclic) bond motifs is 2. The third-order valence-corrected chi connectivity index (χ3v) is 10.0. The molecule has 0 radical (unpaired) electrons. The Bertz CT molecular complexity index is 2190. The van der Waals surface area contributed by atoms with Crippen LogP contribution < -0.4 is 15.4 Å². The fourth-order valence-electron chi connectivity index (χ4n) is 7.36. The van der Waals surface area contributed by atoms with E-state index in [2.05, 4.69) is 15.6 Å². The van der Waals surface area contributed by atoms with Crippen molar-refractivity contribution < 1.29 is 24.2 Å². The van der Waals surface area contributed by atoms with E-state index < -0.39 is 6.04 Å². The molecule has 1 aliphatic heterocycles. The van der Waals surface area contributed by atoms with Crippen LogP contribution >= 0.6 is 11.6 Å². The normalized spacial score (nSPS) is 18.2. The molecular weight excluding hydrogens is 676 g/mol. The number of para-hydroxylation sites is 1. The van der Waals surface area contributed by atoms with E-state index in [9.17, 15) is 19.5 Å². The third kappa shape index (κ3) is 7.19. The van der Waals surface area contributed by atoms with Crippen molar-refractivity contribution in [2.45, 2.75) is 71.9 Å². The van der Waals surface area contributed by atoms with E-state index in [1.807, 2.05) is 87.5 Å². The van der Waals surface area contributed by atoms with Crippen LogP contribution in [0.25, 0.3) is 10.9 Å². The number of hydrogen-bond donors (Lipinski definition) is 3. The van der Waals surface area contributed by atoms with E-state index >= 15 is 0 Å². The monoisotopic (exact) mass is 716 g/mol. The van der Waals surface area contributed by atoms with Crippen molar-refractivity contribution in [1.29, 1.82) is 0 Å². The van der Waals surface area contributed by atoms with Crippen LogP contribution in [0.15, 0.2) is 113 Å². The Morgan fingerprint density at radius 1 is 1.04 bits per heavy atom. The number of halogens is 1. The number of benzene rings is 3. The summed E-state index contributed by atoms with van der Waals surface area (Å²) in [5, 5.41) is 18.7. The first-order valence-electron chi connectivity index (χ1n) is 17.6. The summed E-state index contributed by atoms with van der Waals surface area (Å²) in [5.41, 5.74) is 5.24. The second kappa shape index (κ2) is 14.3. The molecule has 0 spiro atoms. The number of aliphatic hydroxyl groups is 1. The molecule has 2 aliphatic carbocycles. The Hall–Kier alpha value is -5.41. The Kier molecular flexibility index (Phi) is 9.63. The van der Waals surface area contributed by atoms with Crippen LogP contribution in [0.1, 0.15) is 75.2 Å². The Balaban J connectivity index is 1.25. The lowest BCUT2D eigenvalue weighted by Gasteiger charge is -2.37. The number of aromatic nitrogens is 1. The van der Waals surface area contributed by atoms with Gasteiger partial charge < -0.3 is 20.5 Å². The lowest BCUT2D eigenvalue weighted by atomic mass is 9.73. The van der Waals surface area contributed by atoms with Gasteiger partial charge >= 0.3 is 0 Å². The van der Waals surface area contributed by atoms with Crippen molar-refractivity contribution in [1.82, 2.24) is 15.2 Å². The van der Waals surface area contributed by atoms with Crippen molar-refractivity contribution in [2.24, 2.45) is 5.41 Å². The highest BCUT2D eigenvalue weighted by Gasteiger charge is 2.45. The SMILES string of the molecule is Cc1cc(NC(=O)CCC(=O)N2C3=CCCC(O)=C3NC3=C(C(=O)CC(C)(C)C3)C2c2ccc(OCc3ccccc3)cc2Cl)c2ccccc2n1. The summed E-state index contributed by atoms with van der Waals surface area (Å²) < 4.78 is 6.06. The molecule has 0 bridgehead atoms. The lowest BCUT2D eigenvalue weighted by molar-refractivity contribution is -0.132. The first-order chi connectivity index (χ1) is 25.0. The van der Waals surface area contributed by atoms with Gasteiger partial charge in [-0.1, -0.05) is 86.1 Å². The second-order valence-corrected chi connectivity index (χ2v) is 14.8. The van der Waals surface area contributed by atoms with Gasteiger partial charge in [0, 0.05) is 53.1 Å². The Morgan fingerprint density at radius 3 is 2.60 bits per heavy atom. The quantitative estimate of drug-likeness (QED) is 0.167. The molecule has 1 atom stereocenters. The van der Waals surface area contributed by atoms with Gasteiger partial charge in [0.25, 0.3) is 0 Å². The fourth-order valence-corrected chi connectivity index (χ4v) is 7.63. The molecule has 2 amide bonds. The van der Waals surface area contributed by atoms with Crippen LogP contribution in [0.4, 0.5) is 5.69 Å². The number of anilines is 1. The van der Waals surface area contributed by atoms with Gasteiger partial charge in [0.1, 0.15) is 23.8 Å². The number of rotatable bonds is 8. The maximum Gasteiger partial charge on any atom is 0.228 e. The summed E-state index contributed by atoms with van der Waals surface area (Å²) in [5.74, 6) is -0.189. The summed E-state index contributed by atoms with van der Waals surface area (Å²) in [6.07, 6.45) is 3.29. The molecule has 266 valence electrons. The third-order valence-electron chi connectivity index (χ3n) is 9.72. The molecule has 0 saturated carbocycles. The van der Waals surface area contributed by atoms with Crippen molar-refractivity contribution in [3.63, 3.8) is 0 Å². The van der Waals surface area contributed by atoms with Crippen molar-refractivity contribution in [2.75, 3.05) is 5.32 Å². The first kappa shape index (κ1) is 35.0. The number of ketones is 1. The molecule has 1 aromatic heterocycles. The van der Waals surface area contributed by atoms with Gasteiger partial charge in [-0.05, 0) is 60.6 Å². The summed E-state index contributed by atoms with van der Waals surface area (Å²) in [6, 6.07) is 23.5. The highest BCUT2D eigenvalue weighted by molar-refractivity contribution is 6.31. The molecule has 0 fully saturated rings. The number of Topliss-reactive ketones (excluding diaryl/α,β-unsaturated/α-hetero) is 1. The van der Waals surface area contributed by atoms with Crippen molar-refractivity contribution in [3.8, 4) is 5.75 Å². The van der Waals surface area contributed by atoms with Crippen molar-refractivity contribution >= 4 is 45.8 Å². The van der Waals surface area contributed by atoms with E-state index in [0.717, 1.165) is 22.2 Å². The molecule has 9 nitrogen and oxygen atoms in total. The Labute approximate surface area is 308 Å². The minimum atomic E-state index is -0.918. The zero-order valence-corrected chi connectivity index (χ0v) is 30.2. The van der Waals surface area contributed by atoms with Gasteiger partial charge in [-0.25, -0.2) is 0 Å². The minimum absolute atomic E-state index is 0.104. The lowest BCUT2D eigenvalue weighted by Crippen LogP contribution is -2.39. The van der Waals surface area contributed by atoms with E-state index in [-0.39, 0.29) is 48.0 Å². The van der Waals surface area contributed by atoms with Crippen LogP contribution in [0.5, 0.6) is 5.75 Å². The Morgan fingerprint density at radius 2 is 1.81 bits per heavy atom. The molecule has 0 saturated heterocycles. The van der Waals surface area contributed by atoms with Gasteiger partial charge in [-0.3, -0.25) is 24.3 Å². The van der Waals surface area contributed by atoms with E-state index in [4.69, 9.17) is 16.3 Å². The standard InChI is InChI=1S/C42H41ClN4O5/c1-25-20-32(29-12-7-8-13-31(29)44-25)45-37(50)18-19-38(51)47-34-14-9-15-35(48)40(34)46-33-22-42(2,3)23-36(49)39(33)41(47)28-17-16-27(21-30(28)43)52-24-26-10-5-4-6-11-26/h4-8,10-14,16-17,20-21,41,46,48H,9,15,18-19,22-24H2,1-3H3,(H,44,45,50). The molecule has 2 heterocycles. The molecule has 7 rings (SSSR count). The van der Waals surface area contributed by atoms with Crippen LogP contribution in [0.3, 0.4) is 0 Å². The van der Waals surface area contributed by atoms with E-state index in [1.165, 1.54) is 0 Å². The number of hydrogen-bond acceptors (Lipinski definition) is 7. The van der Waals surface area contributed by atoms with Crippen LogP contribution in [-0.4, -0.2) is 32.6 Å². The van der Waals surface area contributed by atoms with Gasteiger partial charge in [-0.2, -0.15) is 0 Å². The number of aliphatic hydroxyl groups excluding tert-OH is 1. The van der Waals surface area contributed by atoms with E-state index in [1.54, 1.807) is 23.1 Å². The first-order valence-corrected chi connectivity index (χ1v) is 18.0. The fraction of sp³-hybridized carbons (Fsp3) is 0.286. The predicted octanol–water partition coefficient (Wildman–Crippen LogP) is 8.76. The number of carbonyl (C=O) groups is 3. The number of carbonyl (C=O) groups excluding carboxylic acids is 3. The number of amides is 2. The molecule has 10 heteroatoms. The highest BCUT2D eigenvalue weighted by atomic mass is 35.5. The number of aryl methyl sites for hydroxylation is 1. The smallest absolute Gasteiger partial charge is 0.228 e. The summed E-state index contributed by atoms with van der Waals surface area (Å²) in [6.45, 7) is 6.27. The maximum absolute atomic E-state index is 14.6. The highest BCUT2D eigenvalue weighted by Crippen LogP contribution is 2.49. The average Bonchev–Trinajstić information content (AvgIpc) is 3.25. The number of allylic oxidation sites excluding steroid dienone is 3. The van der Waals surface area contributed by atoms with Crippen molar-refractivity contribution in [3.05, 3.63) is 135 Å². The number of ether oxygens (including phenoxy) is 1. The molecule has 52 heavy (non-hydrogen) atoms. The average molecular weight is 717 g/mol. The summed E-state index contributed by atoms with van der Waals surface area (Å²) >= 11 is 7.06. The number of nitrogens with zero attached hydrogens (tertiary/aromatic N) is 2. The van der Waals surface area contributed by atoms with Crippen LogP contribution in [-0.2, 0) is 21.0 Å². The summed E-state index contributed by atoms with van der Waals surface area (Å²) in [4.78, 5) is 48.4. The number of nitrogens with one attached hydrogen (secondary N) is 2. The van der Waals surface area contributed by atoms with Gasteiger partial charge in [0.2, 0.25) is 11.8 Å². The second-order valence-electron chi connectivity index (χ2n) is 14.4. The minimum Gasteiger partial charge on any atom is -0.510 e. The molecule has 3 aliphatic rings. The largest absolute Gasteiger partial charge is 0.510 e. The topological polar surface area (TPSA) is 121 Å². The molecular formula is C42H41ClN4O5. The maximum atomic E-state index is 14.6. The predicted molar refractivity (Wildman–Crippen MR) is 201 cm³/mol. The number of pyridine rings is 1. The zero-order chi connectivity index (χ0) is 36.6. The molecule has 4 aromatic rings. The van der Waals surface area contributed by atoms with Gasteiger partial charge in [0.15, 0.2) is 5.78 Å². The van der Waals surface area contributed by atoms with Crippen LogP contribution in [0, 0.1) is 12.3 Å². The van der Waals surface area contributed by atoms with Gasteiger partial charge in [0.05, 0.1) is 22.9 Å². The molecule has 1 unspecified atom stereocenters. The zero-order valence-electron chi connectivity index (χ0n) is 29.5. The molecule has 3 N–H and O–H groups in total. The van der Waals surface area contributed by atoms with Crippen LogP contribution in [0.2, 0.25) is 5.02 Å². The van der Waals surface area contributed by atoms with Gasteiger partial charge in [-0.15, -0.1) is 0 Å². The van der Waals surface area contributed by atoms with E-state index in [0.29, 0.717) is 70.6 Å².